The quantitative estimate of drug-likeness (QED) is 0.862. The van der Waals surface area contributed by atoms with E-state index in [1.54, 1.807) is 18.7 Å². The number of carbonyl (C=O) groups is 2. The Bertz CT molecular complexity index is 648. The van der Waals surface area contributed by atoms with Crippen LogP contribution < -0.4 is 10.6 Å². The first kappa shape index (κ1) is 17.8. The van der Waals surface area contributed by atoms with Crippen LogP contribution in [0.2, 0.25) is 0 Å². The van der Waals surface area contributed by atoms with Crippen LogP contribution in [0, 0.1) is 29.4 Å². The number of benzene rings is 1. The van der Waals surface area contributed by atoms with Crippen molar-refractivity contribution < 1.29 is 18.4 Å². The maximum Gasteiger partial charge on any atom is 0.257 e. The van der Waals surface area contributed by atoms with E-state index in [0.29, 0.717) is 24.9 Å². The molecule has 25 heavy (non-hydrogen) atoms. The first-order valence-corrected chi connectivity index (χ1v) is 8.63. The molecule has 1 aromatic carbocycles. The van der Waals surface area contributed by atoms with Crippen LogP contribution in [0.25, 0.3) is 0 Å². The van der Waals surface area contributed by atoms with E-state index in [-0.39, 0.29) is 11.8 Å². The van der Waals surface area contributed by atoms with Crippen molar-refractivity contribution in [3.63, 3.8) is 0 Å². The van der Waals surface area contributed by atoms with Crippen LogP contribution in [0.15, 0.2) is 18.2 Å². The molecule has 3 atom stereocenters. The van der Waals surface area contributed by atoms with Crippen LogP contribution in [-0.4, -0.2) is 48.9 Å². The molecule has 5 nitrogen and oxygen atoms in total. The summed E-state index contributed by atoms with van der Waals surface area (Å²) in [6.45, 7) is 6.71. The van der Waals surface area contributed by atoms with Gasteiger partial charge in [-0.15, -0.1) is 0 Å². The lowest BCUT2D eigenvalue weighted by Crippen LogP contribution is -2.51. The molecule has 0 radical (unpaired) electrons. The van der Waals surface area contributed by atoms with Crippen molar-refractivity contribution in [1.82, 2.24) is 15.5 Å². The summed E-state index contributed by atoms with van der Waals surface area (Å²) in [7, 11) is 0. The summed E-state index contributed by atoms with van der Waals surface area (Å²) in [4.78, 5) is 27.0. The van der Waals surface area contributed by atoms with Gasteiger partial charge in [0.25, 0.3) is 5.91 Å². The minimum Gasteiger partial charge on any atom is -0.340 e. The summed E-state index contributed by atoms with van der Waals surface area (Å²) in [5, 5.41) is 5.84. The van der Waals surface area contributed by atoms with Crippen LogP contribution in [0.5, 0.6) is 0 Å². The van der Waals surface area contributed by atoms with Crippen molar-refractivity contribution in [2.45, 2.75) is 19.9 Å². The Morgan fingerprint density at radius 3 is 2.24 bits per heavy atom. The Kier molecular flexibility index (Phi) is 5.03. The molecule has 0 saturated carbocycles. The van der Waals surface area contributed by atoms with Crippen LogP contribution in [0.1, 0.15) is 24.2 Å². The van der Waals surface area contributed by atoms with E-state index in [9.17, 15) is 18.4 Å². The van der Waals surface area contributed by atoms with E-state index < -0.39 is 29.1 Å². The normalized spacial score (nSPS) is 23.6. The molecule has 0 spiro atoms. The second-order valence-corrected chi connectivity index (χ2v) is 7.21. The fourth-order valence-electron chi connectivity index (χ4n) is 3.67. The number of rotatable bonds is 4. The van der Waals surface area contributed by atoms with Gasteiger partial charge in [-0.25, -0.2) is 8.78 Å². The van der Waals surface area contributed by atoms with E-state index >= 15 is 0 Å². The van der Waals surface area contributed by atoms with Crippen LogP contribution in [0.4, 0.5) is 8.78 Å². The standard InChI is InChI=1S/C18H23F2N3O2/c1-10(2)16(18(25)23-8-11-6-21-7-12(11)9-23)22-17(24)15-13(19)4-3-5-14(15)20/h3-5,10-12,16,21H,6-9H2,1-2H3,(H,22,24)/t11-,12+,16?. The van der Waals surface area contributed by atoms with Gasteiger partial charge >= 0.3 is 0 Å². The minimum absolute atomic E-state index is 0.186. The van der Waals surface area contributed by atoms with Crippen molar-refractivity contribution in [1.29, 1.82) is 0 Å². The third kappa shape index (κ3) is 3.51. The van der Waals surface area contributed by atoms with Gasteiger partial charge in [-0.3, -0.25) is 9.59 Å². The zero-order valence-corrected chi connectivity index (χ0v) is 14.4. The molecule has 2 aliphatic heterocycles. The molecule has 1 unspecified atom stereocenters. The molecule has 2 amide bonds. The molecule has 3 rings (SSSR count). The van der Waals surface area contributed by atoms with Gasteiger partial charge in [0, 0.05) is 26.2 Å². The highest BCUT2D eigenvalue weighted by Gasteiger charge is 2.40. The number of halogens is 2. The second-order valence-electron chi connectivity index (χ2n) is 7.21. The van der Waals surface area contributed by atoms with Gasteiger partial charge < -0.3 is 15.5 Å². The highest BCUT2D eigenvalue weighted by atomic mass is 19.1. The molecule has 2 heterocycles. The van der Waals surface area contributed by atoms with Crippen molar-refractivity contribution in [3.8, 4) is 0 Å². The summed E-state index contributed by atoms with van der Waals surface area (Å²) >= 11 is 0. The van der Waals surface area contributed by atoms with Gasteiger partial charge in [0.05, 0.1) is 0 Å². The second kappa shape index (κ2) is 7.07. The van der Waals surface area contributed by atoms with Gasteiger partial charge in [-0.05, 0) is 29.9 Å². The van der Waals surface area contributed by atoms with Gasteiger partial charge in [0.2, 0.25) is 5.91 Å². The Balaban J connectivity index is 1.73. The van der Waals surface area contributed by atoms with E-state index in [2.05, 4.69) is 10.6 Å². The number of nitrogens with one attached hydrogen (secondary N) is 2. The summed E-state index contributed by atoms with van der Waals surface area (Å²) in [6.07, 6.45) is 0. The minimum atomic E-state index is -0.936. The Morgan fingerprint density at radius 2 is 1.72 bits per heavy atom. The van der Waals surface area contributed by atoms with Crippen molar-refractivity contribution >= 4 is 11.8 Å². The van der Waals surface area contributed by atoms with E-state index in [1.807, 2.05) is 0 Å². The molecular formula is C18H23F2N3O2. The average molecular weight is 351 g/mol. The van der Waals surface area contributed by atoms with Crippen molar-refractivity contribution in [2.24, 2.45) is 17.8 Å². The Morgan fingerprint density at radius 1 is 1.16 bits per heavy atom. The molecule has 0 aromatic heterocycles. The molecule has 2 fully saturated rings. The van der Waals surface area contributed by atoms with Crippen molar-refractivity contribution in [3.05, 3.63) is 35.4 Å². The molecule has 136 valence electrons. The predicted octanol–water partition coefficient (Wildman–Crippen LogP) is 1.40. The number of carbonyl (C=O) groups excluding carboxylic acids is 2. The third-order valence-corrected chi connectivity index (χ3v) is 5.11. The first-order chi connectivity index (χ1) is 11.9. The summed E-state index contributed by atoms with van der Waals surface area (Å²) in [5.41, 5.74) is -0.650. The molecule has 7 heteroatoms. The fraction of sp³-hybridized carbons (Fsp3) is 0.556. The van der Waals surface area contributed by atoms with Crippen LogP contribution in [-0.2, 0) is 4.79 Å². The maximum atomic E-state index is 13.8. The maximum absolute atomic E-state index is 13.8. The van der Waals surface area contributed by atoms with Gasteiger partial charge in [-0.1, -0.05) is 19.9 Å². The lowest BCUT2D eigenvalue weighted by Gasteiger charge is -2.27. The molecule has 2 aliphatic rings. The SMILES string of the molecule is CC(C)C(NC(=O)c1c(F)cccc1F)C(=O)N1C[C@H]2CNC[C@H]2C1. The first-order valence-electron chi connectivity index (χ1n) is 8.63. The third-order valence-electron chi connectivity index (χ3n) is 5.11. The van der Waals surface area contributed by atoms with E-state index in [1.165, 1.54) is 6.07 Å². The predicted molar refractivity (Wildman–Crippen MR) is 88.9 cm³/mol. The molecule has 2 saturated heterocycles. The summed E-state index contributed by atoms with van der Waals surface area (Å²) in [5.74, 6) is -2.26. The number of hydrogen-bond acceptors (Lipinski definition) is 3. The number of fused-ring (bicyclic) bond motifs is 1. The monoisotopic (exact) mass is 351 g/mol. The molecular weight excluding hydrogens is 328 g/mol. The molecule has 0 bridgehead atoms. The fourth-order valence-corrected chi connectivity index (χ4v) is 3.67. The number of amides is 2. The lowest BCUT2D eigenvalue weighted by molar-refractivity contribution is -0.133. The van der Waals surface area contributed by atoms with Crippen LogP contribution >= 0.6 is 0 Å². The zero-order chi connectivity index (χ0) is 18.1. The van der Waals surface area contributed by atoms with Gasteiger partial charge in [0.15, 0.2) is 0 Å². The van der Waals surface area contributed by atoms with Crippen molar-refractivity contribution in [2.75, 3.05) is 26.2 Å². The molecule has 2 N–H and O–H groups in total. The van der Waals surface area contributed by atoms with Crippen LogP contribution in [0.3, 0.4) is 0 Å². The summed E-state index contributed by atoms with van der Waals surface area (Å²) < 4.78 is 27.6. The van der Waals surface area contributed by atoms with Gasteiger partial charge in [0.1, 0.15) is 23.2 Å². The van der Waals surface area contributed by atoms with E-state index in [0.717, 1.165) is 25.2 Å². The van der Waals surface area contributed by atoms with Gasteiger partial charge in [-0.2, -0.15) is 0 Å². The summed E-state index contributed by atoms with van der Waals surface area (Å²) in [6, 6.07) is 2.44. The largest absolute Gasteiger partial charge is 0.340 e. The van der Waals surface area contributed by atoms with E-state index in [4.69, 9.17) is 0 Å². The highest BCUT2D eigenvalue weighted by Crippen LogP contribution is 2.27. The number of nitrogens with zero attached hydrogens (tertiary/aromatic N) is 1. The Labute approximate surface area is 145 Å². The smallest absolute Gasteiger partial charge is 0.257 e. The Hall–Kier alpha value is -2.02. The highest BCUT2D eigenvalue weighted by molar-refractivity contribution is 5.98. The number of likely N-dealkylation sites (tertiary alicyclic amines) is 1. The topological polar surface area (TPSA) is 61.4 Å². The lowest BCUT2D eigenvalue weighted by atomic mass is 10.0. The average Bonchev–Trinajstić information content (AvgIpc) is 3.13. The zero-order valence-electron chi connectivity index (χ0n) is 14.4. The molecule has 0 aliphatic carbocycles. The number of hydrogen-bond donors (Lipinski definition) is 2. The molecule has 1 aromatic rings.